The van der Waals surface area contributed by atoms with Gasteiger partial charge in [0.1, 0.15) is 5.69 Å². The molecule has 3 heteroatoms. The number of carbonyl (C=O) groups excluding carboxylic acids is 1. The van der Waals surface area contributed by atoms with Gasteiger partial charge >= 0.3 is 0 Å². The highest BCUT2D eigenvalue weighted by molar-refractivity contribution is 5.93. The first kappa shape index (κ1) is 11.8. The molecule has 0 aromatic carbocycles. The van der Waals surface area contributed by atoms with E-state index in [9.17, 15) is 4.79 Å². The molecule has 0 spiro atoms. The summed E-state index contributed by atoms with van der Waals surface area (Å²) < 4.78 is 0. The van der Waals surface area contributed by atoms with Gasteiger partial charge in [0.25, 0.3) is 0 Å². The standard InChI is InChI=1S/C12H18N2O/c1-2-3-4-5-6-7-12(15)11-10-13-8-9-14-11/h8-10H,2-7H2,1H3. The molecular weight excluding hydrogens is 188 g/mol. The summed E-state index contributed by atoms with van der Waals surface area (Å²) in [4.78, 5) is 19.4. The largest absolute Gasteiger partial charge is 0.292 e. The van der Waals surface area contributed by atoms with E-state index in [0.717, 1.165) is 12.8 Å². The van der Waals surface area contributed by atoms with Crippen LogP contribution >= 0.6 is 0 Å². The van der Waals surface area contributed by atoms with Crippen molar-refractivity contribution in [3.05, 3.63) is 24.3 Å². The third-order valence-electron chi connectivity index (χ3n) is 2.36. The fourth-order valence-corrected chi connectivity index (χ4v) is 1.46. The Labute approximate surface area is 91.0 Å². The van der Waals surface area contributed by atoms with E-state index in [4.69, 9.17) is 0 Å². The molecule has 1 rings (SSSR count). The molecule has 0 unspecified atom stereocenters. The lowest BCUT2D eigenvalue weighted by Crippen LogP contribution is -2.02. The van der Waals surface area contributed by atoms with Gasteiger partial charge in [0, 0.05) is 18.8 Å². The number of rotatable bonds is 7. The lowest BCUT2D eigenvalue weighted by Gasteiger charge is -1.99. The van der Waals surface area contributed by atoms with Crippen LogP contribution in [-0.4, -0.2) is 15.8 Å². The van der Waals surface area contributed by atoms with Crippen LogP contribution in [0.1, 0.15) is 55.9 Å². The van der Waals surface area contributed by atoms with Crippen LogP contribution in [0.15, 0.2) is 18.6 Å². The van der Waals surface area contributed by atoms with Crippen LogP contribution in [0.2, 0.25) is 0 Å². The molecule has 0 N–H and O–H groups in total. The van der Waals surface area contributed by atoms with Crippen LogP contribution in [0.3, 0.4) is 0 Å². The summed E-state index contributed by atoms with van der Waals surface area (Å²) >= 11 is 0. The van der Waals surface area contributed by atoms with Gasteiger partial charge in [0.15, 0.2) is 5.78 Å². The molecule has 0 bridgehead atoms. The van der Waals surface area contributed by atoms with Gasteiger partial charge in [0.05, 0.1) is 6.20 Å². The smallest absolute Gasteiger partial charge is 0.182 e. The monoisotopic (exact) mass is 206 g/mol. The Morgan fingerprint density at radius 2 is 2.00 bits per heavy atom. The molecule has 0 aliphatic rings. The van der Waals surface area contributed by atoms with Gasteiger partial charge in [-0.25, -0.2) is 4.98 Å². The lowest BCUT2D eigenvalue weighted by atomic mass is 10.1. The molecule has 15 heavy (non-hydrogen) atoms. The first-order valence-corrected chi connectivity index (χ1v) is 5.63. The summed E-state index contributed by atoms with van der Waals surface area (Å²) in [5, 5.41) is 0. The first-order chi connectivity index (χ1) is 7.34. The summed E-state index contributed by atoms with van der Waals surface area (Å²) in [6, 6.07) is 0. The van der Waals surface area contributed by atoms with E-state index in [-0.39, 0.29) is 5.78 Å². The van der Waals surface area contributed by atoms with Crippen LogP contribution in [-0.2, 0) is 0 Å². The predicted octanol–water partition coefficient (Wildman–Crippen LogP) is 3.02. The van der Waals surface area contributed by atoms with Crippen molar-refractivity contribution < 1.29 is 4.79 Å². The Balaban J connectivity index is 2.20. The van der Waals surface area contributed by atoms with E-state index < -0.39 is 0 Å². The van der Waals surface area contributed by atoms with Crippen LogP contribution < -0.4 is 0 Å². The zero-order chi connectivity index (χ0) is 10.9. The Kier molecular flexibility index (Phi) is 5.59. The van der Waals surface area contributed by atoms with Gasteiger partial charge in [-0.05, 0) is 6.42 Å². The van der Waals surface area contributed by atoms with Crippen molar-refractivity contribution in [2.75, 3.05) is 0 Å². The molecular formula is C12H18N2O. The van der Waals surface area contributed by atoms with Gasteiger partial charge in [-0.3, -0.25) is 9.78 Å². The summed E-state index contributed by atoms with van der Waals surface area (Å²) in [7, 11) is 0. The summed E-state index contributed by atoms with van der Waals surface area (Å²) in [5.74, 6) is 0.111. The fraction of sp³-hybridized carbons (Fsp3) is 0.583. The predicted molar refractivity (Wildman–Crippen MR) is 59.7 cm³/mol. The highest BCUT2D eigenvalue weighted by Crippen LogP contribution is 2.07. The molecule has 0 atom stereocenters. The number of hydrogen-bond donors (Lipinski definition) is 0. The van der Waals surface area contributed by atoms with Crippen molar-refractivity contribution in [3.63, 3.8) is 0 Å². The fourth-order valence-electron chi connectivity index (χ4n) is 1.46. The molecule has 0 radical (unpaired) electrons. The second-order valence-corrected chi connectivity index (χ2v) is 3.68. The average molecular weight is 206 g/mol. The average Bonchev–Trinajstić information content (AvgIpc) is 2.30. The number of hydrogen-bond acceptors (Lipinski definition) is 3. The maximum atomic E-state index is 11.6. The van der Waals surface area contributed by atoms with Crippen LogP contribution in [0, 0.1) is 0 Å². The minimum atomic E-state index is 0.111. The zero-order valence-corrected chi connectivity index (χ0v) is 9.28. The Morgan fingerprint density at radius 1 is 1.20 bits per heavy atom. The highest BCUT2D eigenvalue weighted by Gasteiger charge is 2.05. The van der Waals surface area contributed by atoms with E-state index in [0.29, 0.717) is 12.1 Å². The maximum Gasteiger partial charge on any atom is 0.182 e. The number of unbranched alkanes of at least 4 members (excludes halogenated alkanes) is 4. The third-order valence-corrected chi connectivity index (χ3v) is 2.36. The molecule has 82 valence electrons. The van der Waals surface area contributed by atoms with Gasteiger partial charge in [0.2, 0.25) is 0 Å². The summed E-state index contributed by atoms with van der Waals surface area (Å²) in [6.07, 6.45) is 11.1. The molecule has 1 aromatic heterocycles. The molecule has 0 saturated heterocycles. The quantitative estimate of drug-likeness (QED) is 0.508. The Morgan fingerprint density at radius 3 is 2.67 bits per heavy atom. The van der Waals surface area contributed by atoms with E-state index in [1.165, 1.54) is 25.5 Å². The topological polar surface area (TPSA) is 42.9 Å². The summed E-state index contributed by atoms with van der Waals surface area (Å²) in [5.41, 5.74) is 0.494. The minimum Gasteiger partial charge on any atom is -0.292 e. The maximum absolute atomic E-state index is 11.6. The lowest BCUT2D eigenvalue weighted by molar-refractivity contribution is 0.0974. The molecule has 0 saturated carbocycles. The second kappa shape index (κ2) is 7.10. The number of nitrogens with zero attached hydrogens (tertiary/aromatic N) is 2. The van der Waals surface area contributed by atoms with Gasteiger partial charge in [-0.15, -0.1) is 0 Å². The number of ketones is 1. The molecule has 0 amide bonds. The molecule has 1 aromatic rings. The van der Waals surface area contributed by atoms with Crippen LogP contribution in [0.4, 0.5) is 0 Å². The molecule has 0 aliphatic carbocycles. The van der Waals surface area contributed by atoms with E-state index >= 15 is 0 Å². The summed E-state index contributed by atoms with van der Waals surface area (Å²) in [6.45, 7) is 2.19. The van der Waals surface area contributed by atoms with Crippen molar-refractivity contribution in [1.82, 2.24) is 9.97 Å². The first-order valence-electron chi connectivity index (χ1n) is 5.63. The van der Waals surface area contributed by atoms with Crippen molar-refractivity contribution in [3.8, 4) is 0 Å². The van der Waals surface area contributed by atoms with E-state index in [2.05, 4.69) is 16.9 Å². The zero-order valence-electron chi connectivity index (χ0n) is 9.28. The second-order valence-electron chi connectivity index (χ2n) is 3.68. The number of aromatic nitrogens is 2. The van der Waals surface area contributed by atoms with E-state index in [1.54, 1.807) is 12.4 Å². The van der Waals surface area contributed by atoms with Gasteiger partial charge in [-0.1, -0.05) is 32.6 Å². The van der Waals surface area contributed by atoms with Crippen molar-refractivity contribution >= 4 is 5.78 Å². The molecule has 0 aliphatic heterocycles. The molecule has 1 heterocycles. The van der Waals surface area contributed by atoms with Crippen molar-refractivity contribution in [2.24, 2.45) is 0 Å². The Bertz CT molecular complexity index is 285. The van der Waals surface area contributed by atoms with Crippen LogP contribution in [0.5, 0.6) is 0 Å². The van der Waals surface area contributed by atoms with Crippen LogP contribution in [0.25, 0.3) is 0 Å². The van der Waals surface area contributed by atoms with E-state index in [1.807, 2.05) is 0 Å². The number of Topliss-reactive ketones (excluding diaryl/α,β-unsaturated/α-hetero) is 1. The minimum absolute atomic E-state index is 0.111. The third kappa shape index (κ3) is 4.68. The molecule has 3 nitrogen and oxygen atoms in total. The van der Waals surface area contributed by atoms with Crippen molar-refractivity contribution in [1.29, 1.82) is 0 Å². The molecule has 0 fully saturated rings. The SMILES string of the molecule is CCCCCCCC(=O)c1cnccn1. The normalized spacial score (nSPS) is 10.2. The number of carbonyl (C=O) groups is 1. The van der Waals surface area contributed by atoms with Gasteiger partial charge < -0.3 is 0 Å². The van der Waals surface area contributed by atoms with Crippen molar-refractivity contribution in [2.45, 2.75) is 45.4 Å². The Hall–Kier alpha value is -1.25. The highest BCUT2D eigenvalue weighted by atomic mass is 16.1. The van der Waals surface area contributed by atoms with Gasteiger partial charge in [-0.2, -0.15) is 0 Å².